The van der Waals surface area contributed by atoms with Gasteiger partial charge in [0.25, 0.3) is 5.69 Å². The van der Waals surface area contributed by atoms with Crippen molar-refractivity contribution in [2.24, 2.45) is 0 Å². The largest absolute Gasteiger partial charge is 0.496 e. The maximum Gasteiger partial charge on any atom is 0.269 e. The number of hydrogen-bond acceptors (Lipinski definition) is 5. The molecule has 20 heavy (non-hydrogen) atoms. The van der Waals surface area contributed by atoms with Crippen LogP contribution < -0.4 is 4.74 Å². The standard InChI is InChI=1S/C14H10N2O3S/c1-19-12-7-4-10-8-15-20-14(10)13(12)9-2-5-11(6-3-9)16(17)18/h2-8H,1H3. The maximum absolute atomic E-state index is 10.7. The van der Waals surface area contributed by atoms with E-state index in [4.69, 9.17) is 4.74 Å². The first-order chi connectivity index (χ1) is 9.70. The summed E-state index contributed by atoms with van der Waals surface area (Å²) in [4.78, 5) is 10.3. The fourth-order valence-electron chi connectivity index (χ4n) is 2.11. The molecule has 1 heterocycles. The van der Waals surface area contributed by atoms with Crippen molar-refractivity contribution in [2.45, 2.75) is 0 Å². The fraction of sp³-hybridized carbons (Fsp3) is 0.0714. The number of ether oxygens (including phenoxy) is 1. The molecule has 0 aliphatic rings. The van der Waals surface area contributed by atoms with Gasteiger partial charge in [0.2, 0.25) is 0 Å². The van der Waals surface area contributed by atoms with E-state index in [9.17, 15) is 10.1 Å². The van der Waals surface area contributed by atoms with Crippen molar-refractivity contribution in [1.82, 2.24) is 4.37 Å². The van der Waals surface area contributed by atoms with Crippen LogP contribution in [-0.2, 0) is 0 Å². The zero-order valence-corrected chi connectivity index (χ0v) is 11.4. The molecule has 3 aromatic rings. The summed E-state index contributed by atoms with van der Waals surface area (Å²) in [7, 11) is 1.61. The van der Waals surface area contributed by atoms with Gasteiger partial charge in [0, 0.05) is 29.3 Å². The van der Waals surface area contributed by atoms with Gasteiger partial charge in [-0.15, -0.1) is 0 Å². The Bertz CT molecular complexity index is 781. The molecule has 5 nitrogen and oxygen atoms in total. The van der Waals surface area contributed by atoms with Crippen LogP contribution in [0.15, 0.2) is 42.6 Å². The van der Waals surface area contributed by atoms with E-state index in [1.54, 1.807) is 25.4 Å². The molecule has 0 N–H and O–H groups in total. The summed E-state index contributed by atoms with van der Waals surface area (Å²) in [6.45, 7) is 0. The summed E-state index contributed by atoms with van der Waals surface area (Å²) in [6.07, 6.45) is 1.80. The van der Waals surface area contributed by atoms with Gasteiger partial charge in [0.1, 0.15) is 5.75 Å². The predicted octanol–water partition coefficient (Wildman–Crippen LogP) is 3.88. The second kappa shape index (κ2) is 4.90. The highest BCUT2D eigenvalue weighted by molar-refractivity contribution is 7.14. The minimum absolute atomic E-state index is 0.0733. The van der Waals surface area contributed by atoms with E-state index >= 15 is 0 Å². The Balaban J connectivity index is 2.21. The lowest BCUT2D eigenvalue weighted by Gasteiger charge is -2.09. The van der Waals surface area contributed by atoms with E-state index in [1.165, 1.54) is 23.7 Å². The molecule has 0 fully saturated rings. The van der Waals surface area contributed by atoms with Crippen LogP contribution in [0, 0.1) is 10.1 Å². The molecule has 0 unspecified atom stereocenters. The molecule has 0 radical (unpaired) electrons. The Labute approximate surface area is 118 Å². The third-order valence-electron chi connectivity index (χ3n) is 3.07. The topological polar surface area (TPSA) is 65.3 Å². The Hall–Kier alpha value is -2.47. The van der Waals surface area contributed by atoms with Crippen LogP contribution in [0.3, 0.4) is 0 Å². The monoisotopic (exact) mass is 286 g/mol. The van der Waals surface area contributed by atoms with Crippen LogP contribution in [-0.4, -0.2) is 16.4 Å². The average molecular weight is 286 g/mol. The molecule has 0 atom stereocenters. The first-order valence-corrected chi connectivity index (χ1v) is 6.64. The third kappa shape index (κ3) is 2.00. The van der Waals surface area contributed by atoms with Gasteiger partial charge >= 0.3 is 0 Å². The summed E-state index contributed by atoms with van der Waals surface area (Å²) in [5.74, 6) is 0.732. The summed E-state index contributed by atoms with van der Waals surface area (Å²) < 4.78 is 10.6. The number of nitrogens with zero attached hydrogens (tertiary/aromatic N) is 2. The van der Waals surface area contributed by atoms with Crippen LogP contribution in [0.1, 0.15) is 0 Å². The van der Waals surface area contributed by atoms with Gasteiger partial charge in [0.15, 0.2) is 0 Å². The van der Waals surface area contributed by atoms with Gasteiger partial charge in [-0.25, -0.2) is 0 Å². The number of nitro groups is 1. The van der Waals surface area contributed by atoms with Crippen molar-refractivity contribution in [2.75, 3.05) is 7.11 Å². The van der Waals surface area contributed by atoms with E-state index < -0.39 is 4.92 Å². The smallest absolute Gasteiger partial charge is 0.269 e. The molecule has 100 valence electrons. The van der Waals surface area contributed by atoms with Crippen LogP contribution in [0.25, 0.3) is 21.2 Å². The van der Waals surface area contributed by atoms with Crippen LogP contribution in [0.5, 0.6) is 5.75 Å². The Morgan fingerprint density at radius 1 is 1.20 bits per heavy atom. The summed E-state index contributed by atoms with van der Waals surface area (Å²) in [5.41, 5.74) is 1.87. The summed E-state index contributed by atoms with van der Waals surface area (Å²) in [6, 6.07) is 10.3. The Kier molecular flexibility index (Phi) is 3.08. The minimum Gasteiger partial charge on any atom is -0.496 e. The lowest BCUT2D eigenvalue weighted by atomic mass is 10.0. The molecule has 0 saturated heterocycles. The highest BCUT2D eigenvalue weighted by atomic mass is 32.1. The number of nitro benzene ring substituents is 1. The van der Waals surface area contributed by atoms with E-state index in [2.05, 4.69) is 4.37 Å². The molecule has 0 aliphatic heterocycles. The lowest BCUT2D eigenvalue weighted by molar-refractivity contribution is -0.384. The molecular formula is C14H10N2O3S. The Morgan fingerprint density at radius 3 is 2.60 bits per heavy atom. The highest BCUT2D eigenvalue weighted by Crippen LogP contribution is 2.39. The second-order valence-corrected chi connectivity index (χ2v) is 4.99. The molecule has 1 aromatic heterocycles. The molecule has 0 aliphatic carbocycles. The first kappa shape index (κ1) is 12.6. The van der Waals surface area contributed by atoms with Crippen molar-refractivity contribution < 1.29 is 9.66 Å². The van der Waals surface area contributed by atoms with E-state index in [1.807, 2.05) is 12.1 Å². The number of non-ortho nitro benzene ring substituents is 1. The highest BCUT2D eigenvalue weighted by Gasteiger charge is 2.14. The number of methoxy groups -OCH3 is 1. The number of rotatable bonds is 3. The lowest BCUT2D eigenvalue weighted by Crippen LogP contribution is -1.90. The van der Waals surface area contributed by atoms with Crippen molar-refractivity contribution in [3.63, 3.8) is 0 Å². The van der Waals surface area contributed by atoms with Gasteiger partial charge in [-0.2, -0.15) is 4.37 Å². The quantitative estimate of drug-likeness (QED) is 0.541. The zero-order chi connectivity index (χ0) is 14.1. The molecule has 0 spiro atoms. The maximum atomic E-state index is 10.7. The number of hydrogen-bond donors (Lipinski definition) is 0. The molecule has 2 aromatic carbocycles. The van der Waals surface area contributed by atoms with Gasteiger partial charge in [-0.05, 0) is 41.4 Å². The van der Waals surface area contributed by atoms with Gasteiger partial charge in [0.05, 0.1) is 16.7 Å². The number of fused-ring (bicyclic) bond motifs is 1. The summed E-state index contributed by atoms with van der Waals surface area (Å²) >= 11 is 1.38. The normalized spacial score (nSPS) is 10.7. The first-order valence-electron chi connectivity index (χ1n) is 5.87. The van der Waals surface area contributed by atoms with Gasteiger partial charge in [-0.1, -0.05) is 0 Å². The minimum atomic E-state index is -0.408. The Morgan fingerprint density at radius 2 is 1.95 bits per heavy atom. The van der Waals surface area contributed by atoms with Crippen molar-refractivity contribution in [1.29, 1.82) is 0 Å². The van der Waals surface area contributed by atoms with Crippen LogP contribution >= 0.6 is 11.5 Å². The zero-order valence-electron chi connectivity index (χ0n) is 10.6. The fourth-order valence-corrected chi connectivity index (χ4v) is 2.92. The van der Waals surface area contributed by atoms with E-state index in [-0.39, 0.29) is 5.69 Å². The molecular weight excluding hydrogens is 276 g/mol. The van der Waals surface area contributed by atoms with Gasteiger partial charge in [-0.3, -0.25) is 10.1 Å². The van der Waals surface area contributed by atoms with Crippen molar-refractivity contribution in [3.05, 3.63) is 52.7 Å². The average Bonchev–Trinajstić information content (AvgIpc) is 2.94. The number of aromatic nitrogens is 1. The predicted molar refractivity (Wildman–Crippen MR) is 78.3 cm³/mol. The van der Waals surface area contributed by atoms with Gasteiger partial charge < -0.3 is 4.74 Å². The third-order valence-corrected chi connectivity index (χ3v) is 3.91. The molecule has 0 amide bonds. The molecule has 6 heteroatoms. The second-order valence-electron chi connectivity index (χ2n) is 4.19. The number of benzene rings is 2. The SMILES string of the molecule is COc1ccc2cnsc2c1-c1ccc([N+](=O)[O-])cc1. The van der Waals surface area contributed by atoms with Crippen LogP contribution in [0.2, 0.25) is 0 Å². The molecule has 3 rings (SSSR count). The van der Waals surface area contributed by atoms with Crippen LogP contribution in [0.4, 0.5) is 5.69 Å². The summed E-state index contributed by atoms with van der Waals surface area (Å²) in [5, 5.41) is 11.7. The molecule has 0 bridgehead atoms. The van der Waals surface area contributed by atoms with Crippen molar-refractivity contribution in [3.8, 4) is 16.9 Å². The molecule has 0 saturated carbocycles. The van der Waals surface area contributed by atoms with E-state index in [0.29, 0.717) is 0 Å². The van der Waals surface area contributed by atoms with Crippen molar-refractivity contribution >= 4 is 27.3 Å². The van der Waals surface area contributed by atoms with E-state index in [0.717, 1.165) is 27.0 Å².